The second-order valence-corrected chi connectivity index (χ2v) is 5.07. The number of aryl methyl sites for hydroxylation is 1. The van der Waals surface area contributed by atoms with Crippen molar-refractivity contribution >= 4 is 17.4 Å². The summed E-state index contributed by atoms with van der Waals surface area (Å²) in [6.45, 7) is 5.50. The molecule has 0 aliphatic carbocycles. The molecule has 17 heavy (non-hydrogen) atoms. The Morgan fingerprint density at radius 2 is 2.29 bits per heavy atom. The number of aliphatic hydroxyl groups excluding tert-OH is 1. The first kappa shape index (κ1) is 12.6. The van der Waals surface area contributed by atoms with Crippen LogP contribution < -0.4 is 4.90 Å². The zero-order valence-electron chi connectivity index (χ0n) is 10.2. The largest absolute Gasteiger partial charge is 0.393 e. The summed E-state index contributed by atoms with van der Waals surface area (Å²) in [5, 5.41) is 10.1. The van der Waals surface area contributed by atoms with Crippen LogP contribution in [0.1, 0.15) is 25.6 Å². The number of piperidine rings is 1. The third-order valence-electron chi connectivity index (χ3n) is 3.26. The van der Waals surface area contributed by atoms with Crippen LogP contribution in [-0.2, 0) is 0 Å². The van der Waals surface area contributed by atoms with E-state index in [-0.39, 0.29) is 6.10 Å². The van der Waals surface area contributed by atoms with E-state index in [9.17, 15) is 5.11 Å². The van der Waals surface area contributed by atoms with E-state index in [2.05, 4.69) is 14.9 Å². The third-order valence-corrected chi connectivity index (χ3v) is 3.45. The van der Waals surface area contributed by atoms with Crippen molar-refractivity contribution in [1.82, 2.24) is 9.97 Å². The van der Waals surface area contributed by atoms with Gasteiger partial charge in [0.15, 0.2) is 0 Å². The Morgan fingerprint density at radius 3 is 2.94 bits per heavy atom. The number of aliphatic hydroxyl groups is 1. The van der Waals surface area contributed by atoms with Crippen molar-refractivity contribution < 1.29 is 5.11 Å². The van der Waals surface area contributed by atoms with E-state index >= 15 is 0 Å². The average Bonchev–Trinajstić information content (AvgIpc) is 2.28. The van der Waals surface area contributed by atoms with E-state index in [1.54, 1.807) is 6.07 Å². The van der Waals surface area contributed by atoms with Crippen LogP contribution in [0.2, 0.25) is 5.15 Å². The first-order valence-electron chi connectivity index (χ1n) is 6.00. The van der Waals surface area contributed by atoms with Crippen molar-refractivity contribution in [3.63, 3.8) is 0 Å². The standard InChI is InChI=1S/C12H18ClN3O/c1-8(17)10-4-3-5-16(7-10)12-6-11(13)14-9(2)15-12/h6,8,10,17H,3-5,7H2,1-2H3/t8-,10+/m0/s1. The number of rotatable bonds is 2. The van der Waals surface area contributed by atoms with Crippen LogP contribution in [0.5, 0.6) is 0 Å². The van der Waals surface area contributed by atoms with E-state index in [1.807, 2.05) is 13.8 Å². The molecular weight excluding hydrogens is 238 g/mol. The van der Waals surface area contributed by atoms with Gasteiger partial charge >= 0.3 is 0 Å². The fourth-order valence-electron chi connectivity index (χ4n) is 2.29. The van der Waals surface area contributed by atoms with Crippen LogP contribution in [0, 0.1) is 12.8 Å². The number of aromatic nitrogens is 2. The molecule has 5 heteroatoms. The number of hydrogen-bond acceptors (Lipinski definition) is 4. The van der Waals surface area contributed by atoms with E-state index in [0.29, 0.717) is 16.9 Å². The topological polar surface area (TPSA) is 49.2 Å². The van der Waals surface area contributed by atoms with Gasteiger partial charge in [0.2, 0.25) is 0 Å². The Labute approximate surface area is 107 Å². The Balaban J connectivity index is 2.16. The fourth-order valence-corrected chi connectivity index (χ4v) is 2.51. The maximum Gasteiger partial charge on any atom is 0.134 e. The molecule has 1 N–H and O–H groups in total. The zero-order valence-corrected chi connectivity index (χ0v) is 11.0. The lowest BCUT2D eigenvalue weighted by atomic mass is 9.93. The van der Waals surface area contributed by atoms with Gasteiger partial charge in [-0.1, -0.05) is 11.6 Å². The lowest BCUT2D eigenvalue weighted by Crippen LogP contribution is -2.40. The molecule has 1 fully saturated rings. The zero-order chi connectivity index (χ0) is 12.4. The maximum atomic E-state index is 9.67. The summed E-state index contributed by atoms with van der Waals surface area (Å²) in [5.41, 5.74) is 0. The smallest absolute Gasteiger partial charge is 0.134 e. The molecule has 1 aromatic heterocycles. The molecule has 2 heterocycles. The molecule has 1 aliphatic rings. The fraction of sp³-hybridized carbons (Fsp3) is 0.667. The van der Waals surface area contributed by atoms with Crippen LogP contribution in [-0.4, -0.2) is 34.3 Å². The predicted octanol–water partition coefficient (Wildman–Crippen LogP) is 2.04. The Kier molecular flexibility index (Phi) is 3.84. The van der Waals surface area contributed by atoms with Gasteiger partial charge in [0.1, 0.15) is 16.8 Å². The SMILES string of the molecule is Cc1nc(Cl)cc(N2CCC[C@@H]([C@H](C)O)C2)n1. The molecule has 1 saturated heterocycles. The van der Waals surface area contributed by atoms with Gasteiger partial charge in [-0.05, 0) is 26.7 Å². The van der Waals surface area contributed by atoms with E-state index in [1.165, 1.54) is 0 Å². The predicted molar refractivity (Wildman–Crippen MR) is 68.4 cm³/mol. The van der Waals surface area contributed by atoms with Crippen LogP contribution in [0.4, 0.5) is 5.82 Å². The molecular formula is C12H18ClN3O. The lowest BCUT2D eigenvalue weighted by molar-refractivity contribution is 0.115. The monoisotopic (exact) mass is 255 g/mol. The highest BCUT2D eigenvalue weighted by Gasteiger charge is 2.24. The minimum atomic E-state index is -0.267. The Morgan fingerprint density at radius 1 is 1.53 bits per heavy atom. The second-order valence-electron chi connectivity index (χ2n) is 4.69. The minimum Gasteiger partial charge on any atom is -0.393 e. The quantitative estimate of drug-likeness (QED) is 0.822. The van der Waals surface area contributed by atoms with E-state index in [0.717, 1.165) is 31.7 Å². The van der Waals surface area contributed by atoms with Gasteiger partial charge in [0.25, 0.3) is 0 Å². The molecule has 1 aromatic rings. The molecule has 1 aliphatic heterocycles. The number of halogens is 1. The molecule has 0 saturated carbocycles. The van der Waals surface area contributed by atoms with Crippen molar-refractivity contribution in [2.45, 2.75) is 32.8 Å². The number of nitrogens with zero attached hydrogens (tertiary/aromatic N) is 3. The molecule has 4 nitrogen and oxygen atoms in total. The minimum absolute atomic E-state index is 0.267. The second kappa shape index (κ2) is 5.19. The molecule has 0 bridgehead atoms. The highest BCUT2D eigenvalue weighted by Crippen LogP contribution is 2.25. The summed E-state index contributed by atoms with van der Waals surface area (Å²) in [7, 11) is 0. The molecule has 0 aromatic carbocycles. The summed E-state index contributed by atoms with van der Waals surface area (Å²) in [5.74, 6) is 1.87. The van der Waals surface area contributed by atoms with E-state index < -0.39 is 0 Å². The van der Waals surface area contributed by atoms with Crippen LogP contribution in [0.15, 0.2) is 6.07 Å². The summed E-state index contributed by atoms with van der Waals surface area (Å²) >= 11 is 5.94. The van der Waals surface area contributed by atoms with Crippen molar-refractivity contribution in [2.24, 2.45) is 5.92 Å². The maximum absolute atomic E-state index is 9.67. The molecule has 0 amide bonds. The first-order valence-corrected chi connectivity index (χ1v) is 6.38. The number of anilines is 1. The highest BCUT2D eigenvalue weighted by molar-refractivity contribution is 6.29. The Hall–Kier alpha value is -0.870. The summed E-state index contributed by atoms with van der Waals surface area (Å²) in [6.07, 6.45) is 1.89. The van der Waals surface area contributed by atoms with Gasteiger partial charge in [-0.25, -0.2) is 9.97 Å². The van der Waals surface area contributed by atoms with Crippen LogP contribution in [0.25, 0.3) is 0 Å². The molecule has 0 radical (unpaired) electrons. The normalized spacial score (nSPS) is 22.6. The van der Waals surface area contributed by atoms with Crippen molar-refractivity contribution in [2.75, 3.05) is 18.0 Å². The van der Waals surface area contributed by atoms with Crippen molar-refractivity contribution in [1.29, 1.82) is 0 Å². The van der Waals surface area contributed by atoms with Gasteiger partial charge in [0.05, 0.1) is 6.10 Å². The molecule has 2 rings (SSSR count). The average molecular weight is 256 g/mol. The highest BCUT2D eigenvalue weighted by atomic mass is 35.5. The van der Waals surface area contributed by atoms with Crippen molar-refractivity contribution in [3.8, 4) is 0 Å². The van der Waals surface area contributed by atoms with Crippen LogP contribution >= 0.6 is 11.6 Å². The molecule has 0 unspecified atom stereocenters. The lowest BCUT2D eigenvalue weighted by Gasteiger charge is -2.35. The summed E-state index contributed by atoms with van der Waals surface area (Å²) < 4.78 is 0. The molecule has 0 spiro atoms. The molecule has 94 valence electrons. The molecule has 2 atom stereocenters. The number of hydrogen-bond donors (Lipinski definition) is 1. The van der Waals surface area contributed by atoms with Crippen molar-refractivity contribution in [3.05, 3.63) is 17.0 Å². The third kappa shape index (κ3) is 3.07. The summed E-state index contributed by atoms with van der Waals surface area (Å²) in [6, 6.07) is 1.79. The van der Waals surface area contributed by atoms with Gasteiger partial charge in [-0.3, -0.25) is 0 Å². The first-order chi connectivity index (χ1) is 8.06. The van der Waals surface area contributed by atoms with Gasteiger partial charge < -0.3 is 10.0 Å². The van der Waals surface area contributed by atoms with Gasteiger partial charge in [0, 0.05) is 25.1 Å². The van der Waals surface area contributed by atoms with Crippen LogP contribution in [0.3, 0.4) is 0 Å². The van der Waals surface area contributed by atoms with Gasteiger partial charge in [-0.2, -0.15) is 0 Å². The summed E-state index contributed by atoms with van der Waals surface area (Å²) in [4.78, 5) is 10.6. The van der Waals surface area contributed by atoms with E-state index in [4.69, 9.17) is 11.6 Å². The van der Waals surface area contributed by atoms with Gasteiger partial charge in [-0.15, -0.1) is 0 Å². The Bertz CT molecular complexity index is 377.